The smallest absolute Gasteiger partial charge is 0.242 e. The van der Waals surface area contributed by atoms with Gasteiger partial charge in [0.15, 0.2) is 0 Å². The summed E-state index contributed by atoms with van der Waals surface area (Å²) >= 11 is 5.79. The van der Waals surface area contributed by atoms with E-state index < -0.39 is 0 Å². The van der Waals surface area contributed by atoms with Crippen molar-refractivity contribution in [2.45, 2.75) is 13.8 Å². The number of rotatable bonds is 3. The number of nitrogens with zero attached hydrogens (tertiary/aromatic N) is 1. The van der Waals surface area contributed by atoms with Gasteiger partial charge in [0.25, 0.3) is 0 Å². The number of halogens is 1. The topological polar surface area (TPSA) is 41.5 Å². The highest BCUT2D eigenvalue weighted by molar-refractivity contribution is 6.30. The van der Waals surface area contributed by atoms with Gasteiger partial charge in [-0.25, -0.2) is 5.43 Å². The lowest BCUT2D eigenvalue weighted by Gasteiger charge is -2.01. The fraction of sp³-hybridized carbons (Fsp3) is 0.273. The number of nitrogens with one attached hydrogen (secondary N) is 1. The summed E-state index contributed by atoms with van der Waals surface area (Å²) in [7, 11) is 0. The monoisotopic (exact) mass is 224 g/mol. The van der Waals surface area contributed by atoms with Crippen LogP contribution in [0.3, 0.4) is 0 Å². The van der Waals surface area contributed by atoms with Crippen LogP contribution in [0.2, 0.25) is 5.02 Å². The minimum atomic E-state index is -0.103. The first-order valence-electron chi connectivity index (χ1n) is 4.68. The first kappa shape index (κ1) is 11.7. The molecule has 0 aliphatic carbocycles. The van der Waals surface area contributed by atoms with Gasteiger partial charge in [0.2, 0.25) is 5.91 Å². The molecule has 0 aromatic heterocycles. The molecule has 0 fully saturated rings. The van der Waals surface area contributed by atoms with E-state index in [0.29, 0.717) is 5.02 Å². The Morgan fingerprint density at radius 1 is 1.53 bits per heavy atom. The molecule has 1 N–H and O–H groups in total. The lowest BCUT2D eigenvalue weighted by molar-refractivity contribution is -0.123. The number of hydrazone groups is 1. The van der Waals surface area contributed by atoms with E-state index in [9.17, 15) is 4.79 Å². The SMILES string of the molecule is CC(C)C(=O)N/N=C\c1cccc(Cl)c1. The van der Waals surface area contributed by atoms with Crippen molar-refractivity contribution in [2.75, 3.05) is 0 Å². The lowest BCUT2D eigenvalue weighted by Crippen LogP contribution is -2.22. The zero-order chi connectivity index (χ0) is 11.3. The van der Waals surface area contributed by atoms with Crippen LogP contribution in [0.1, 0.15) is 19.4 Å². The van der Waals surface area contributed by atoms with E-state index in [1.807, 2.05) is 26.0 Å². The third kappa shape index (κ3) is 4.13. The van der Waals surface area contributed by atoms with Crippen LogP contribution < -0.4 is 5.43 Å². The van der Waals surface area contributed by atoms with Crippen LogP contribution in [0.15, 0.2) is 29.4 Å². The molecule has 1 amide bonds. The standard InChI is InChI=1S/C11H13ClN2O/c1-8(2)11(15)14-13-7-9-4-3-5-10(12)6-9/h3-8H,1-2H3,(H,14,15)/b13-7-. The summed E-state index contributed by atoms with van der Waals surface area (Å²) in [6.45, 7) is 3.62. The Bertz CT molecular complexity index is 375. The second-order valence-electron chi connectivity index (χ2n) is 3.44. The van der Waals surface area contributed by atoms with Crippen LogP contribution in [0, 0.1) is 5.92 Å². The van der Waals surface area contributed by atoms with E-state index in [4.69, 9.17) is 11.6 Å². The van der Waals surface area contributed by atoms with Gasteiger partial charge in [-0.2, -0.15) is 5.10 Å². The summed E-state index contributed by atoms with van der Waals surface area (Å²) in [6, 6.07) is 7.24. The van der Waals surface area contributed by atoms with Crippen LogP contribution in [0.4, 0.5) is 0 Å². The maximum atomic E-state index is 11.1. The molecule has 0 heterocycles. The molecule has 0 saturated carbocycles. The fourth-order valence-electron chi connectivity index (χ4n) is 0.886. The quantitative estimate of drug-likeness (QED) is 0.622. The molecule has 0 atom stereocenters. The van der Waals surface area contributed by atoms with Crippen LogP contribution in [-0.4, -0.2) is 12.1 Å². The van der Waals surface area contributed by atoms with Crippen LogP contribution in [0.5, 0.6) is 0 Å². The van der Waals surface area contributed by atoms with Gasteiger partial charge >= 0.3 is 0 Å². The Kier molecular flexibility index (Phi) is 4.31. The summed E-state index contributed by atoms with van der Waals surface area (Å²) < 4.78 is 0. The molecule has 0 aliphatic heterocycles. The first-order valence-corrected chi connectivity index (χ1v) is 5.06. The predicted octanol–water partition coefficient (Wildman–Crippen LogP) is 2.45. The number of benzene rings is 1. The number of carbonyl (C=O) groups excluding carboxylic acids is 1. The highest BCUT2D eigenvalue weighted by Gasteiger charge is 2.03. The van der Waals surface area contributed by atoms with E-state index >= 15 is 0 Å². The first-order chi connectivity index (χ1) is 7.09. The molecule has 1 aromatic rings. The average Bonchev–Trinajstić information content (AvgIpc) is 2.17. The van der Waals surface area contributed by atoms with Crippen molar-refractivity contribution in [3.63, 3.8) is 0 Å². The van der Waals surface area contributed by atoms with Crippen molar-refractivity contribution in [3.05, 3.63) is 34.9 Å². The molecule has 1 rings (SSSR count). The Morgan fingerprint density at radius 2 is 2.27 bits per heavy atom. The number of amides is 1. The Hall–Kier alpha value is -1.35. The zero-order valence-electron chi connectivity index (χ0n) is 8.70. The predicted molar refractivity (Wildman–Crippen MR) is 62.0 cm³/mol. The van der Waals surface area contributed by atoms with Gasteiger partial charge in [-0.05, 0) is 17.7 Å². The minimum absolute atomic E-state index is 0.0680. The molecular weight excluding hydrogens is 212 g/mol. The van der Waals surface area contributed by atoms with Crippen molar-refractivity contribution < 1.29 is 4.79 Å². The molecule has 3 nitrogen and oxygen atoms in total. The van der Waals surface area contributed by atoms with Crippen LogP contribution in [-0.2, 0) is 4.79 Å². The van der Waals surface area contributed by atoms with Gasteiger partial charge in [-0.3, -0.25) is 4.79 Å². The molecule has 80 valence electrons. The molecule has 15 heavy (non-hydrogen) atoms. The molecule has 0 unspecified atom stereocenters. The van der Waals surface area contributed by atoms with Gasteiger partial charge in [-0.1, -0.05) is 37.6 Å². The van der Waals surface area contributed by atoms with Crippen molar-refractivity contribution in [2.24, 2.45) is 11.0 Å². The lowest BCUT2D eigenvalue weighted by atomic mass is 10.2. The van der Waals surface area contributed by atoms with E-state index in [1.54, 1.807) is 18.3 Å². The van der Waals surface area contributed by atoms with Crippen LogP contribution >= 0.6 is 11.6 Å². The Morgan fingerprint density at radius 3 is 2.87 bits per heavy atom. The van der Waals surface area contributed by atoms with E-state index in [0.717, 1.165) is 5.56 Å². The highest BCUT2D eigenvalue weighted by atomic mass is 35.5. The third-order valence-corrected chi connectivity index (χ3v) is 2.00. The van der Waals surface area contributed by atoms with Gasteiger partial charge in [0.05, 0.1) is 6.21 Å². The molecule has 0 aliphatic rings. The van der Waals surface area contributed by atoms with Gasteiger partial charge in [0, 0.05) is 10.9 Å². The minimum Gasteiger partial charge on any atom is -0.273 e. The number of hydrogen-bond acceptors (Lipinski definition) is 2. The molecule has 0 spiro atoms. The van der Waals surface area contributed by atoms with Crippen LogP contribution in [0.25, 0.3) is 0 Å². The second kappa shape index (κ2) is 5.51. The Balaban J connectivity index is 2.55. The van der Waals surface area contributed by atoms with E-state index in [-0.39, 0.29) is 11.8 Å². The summed E-state index contributed by atoms with van der Waals surface area (Å²) in [5.41, 5.74) is 3.29. The summed E-state index contributed by atoms with van der Waals surface area (Å²) in [5, 5.41) is 4.47. The normalized spacial score (nSPS) is 10.9. The molecule has 0 saturated heterocycles. The highest BCUT2D eigenvalue weighted by Crippen LogP contribution is 2.08. The van der Waals surface area contributed by atoms with Crippen molar-refractivity contribution in [1.82, 2.24) is 5.43 Å². The molecule has 0 radical (unpaired) electrons. The second-order valence-corrected chi connectivity index (χ2v) is 3.88. The fourth-order valence-corrected chi connectivity index (χ4v) is 1.09. The average molecular weight is 225 g/mol. The number of carbonyl (C=O) groups is 1. The van der Waals surface area contributed by atoms with Gasteiger partial charge < -0.3 is 0 Å². The maximum Gasteiger partial charge on any atom is 0.242 e. The summed E-state index contributed by atoms with van der Waals surface area (Å²) in [6.07, 6.45) is 1.56. The van der Waals surface area contributed by atoms with Gasteiger partial charge in [-0.15, -0.1) is 0 Å². The molecular formula is C11H13ClN2O. The van der Waals surface area contributed by atoms with Crippen molar-refractivity contribution in [3.8, 4) is 0 Å². The van der Waals surface area contributed by atoms with Crippen molar-refractivity contribution >= 4 is 23.7 Å². The third-order valence-electron chi connectivity index (χ3n) is 1.76. The largest absolute Gasteiger partial charge is 0.273 e. The molecule has 0 bridgehead atoms. The molecule has 1 aromatic carbocycles. The molecule has 4 heteroatoms. The van der Waals surface area contributed by atoms with E-state index in [1.165, 1.54) is 0 Å². The number of hydrogen-bond donors (Lipinski definition) is 1. The van der Waals surface area contributed by atoms with E-state index in [2.05, 4.69) is 10.5 Å². The maximum absolute atomic E-state index is 11.1. The van der Waals surface area contributed by atoms with Crippen molar-refractivity contribution in [1.29, 1.82) is 0 Å². The Labute approximate surface area is 94.1 Å². The zero-order valence-corrected chi connectivity index (χ0v) is 9.45. The summed E-state index contributed by atoms with van der Waals surface area (Å²) in [5.74, 6) is -0.171. The van der Waals surface area contributed by atoms with Gasteiger partial charge in [0.1, 0.15) is 0 Å². The summed E-state index contributed by atoms with van der Waals surface area (Å²) in [4.78, 5) is 11.1.